The van der Waals surface area contributed by atoms with Crippen LogP contribution in [0.4, 0.5) is 0 Å². The third-order valence-corrected chi connectivity index (χ3v) is 3.12. The van der Waals surface area contributed by atoms with Gasteiger partial charge in [-0.1, -0.05) is 6.42 Å². The summed E-state index contributed by atoms with van der Waals surface area (Å²) in [7, 11) is 0. The van der Waals surface area contributed by atoms with E-state index in [2.05, 4.69) is 4.89 Å². The standard InChI is InChI=1S/C14H24O6/c1-10(15)9-14(2,3)20-19-13(17)12(16)18-11-7-5-4-6-8-11/h10-11,15H,4-9H2,1-3H3. The van der Waals surface area contributed by atoms with Gasteiger partial charge in [-0.05, 0) is 46.5 Å². The smallest absolute Gasteiger partial charge is 0.449 e. The molecule has 0 aliphatic heterocycles. The molecule has 1 aliphatic carbocycles. The molecule has 6 nitrogen and oxygen atoms in total. The van der Waals surface area contributed by atoms with Crippen molar-refractivity contribution in [3.8, 4) is 0 Å². The Labute approximate surface area is 119 Å². The summed E-state index contributed by atoms with van der Waals surface area (Å²) in [5.74, 6) is -2.18. The molecule has 0 bridgehead atoms. The molecular weight excluding hydrogens is 264 g/mol. The van der Waals surface area contributed by atoms with Gasteiger partial charge in [-0.25, -0.2) is 9.59 Å². The molecule has 1 fully saturated rings. The van der Waals surface area contributed by atoms with Gasteiger partial charge in [0.2, 0.25) is 0 Å². The Bertz CT molecular complexity index is 331. The molecule has 0 radical (unpaired) electrons. The third-order valence-electron chi connectivity index (χ3n) is 3.12. The second-order valence-corrected chi connectivity index (χ2v) is 5.93. The number of rotatable bonds is 5. The second-order valence-electron chi connectivity index (χ2n) is 5.93. The van der Waals surface area contributed by atoms with Crippen molar-refractivity contribution in [3.05, 3.63) is 0 Å². The van der Waals surface area contributed by atoms with E-state index in [0.29, 0.717) is 0 Å². The van der Waals surface area contributed by atoms with Gasteiger partial charge in [-0.15, -0.1) is 0 Å². The van der Waals surface area contributed by atoms with Gasteiger partial charge in [0.15, 0.2) is 0 Å². The summed E-state index contributed by atoms with van der Waals surface area (Å²) in [5.41, 5.74) is -0.866. The van der Waals surface area contributed by atoms with Crippen molar-refractivity contribution in [3.63, 3.8) is 0 Å². The van der Waals surface area contributed by atoms with Gasteiger partial charge in [0, 0.05) is 6.42 Å². The van der Waals surface area contributed by atoms with Crippen LogP contribution >= 0.6 is 0 Å². The minimum absolute atomic E-state index is 0.200. The summed E-state index contributed by atoms with van der Waals surface area (Å²) in [6.07, 6.45) is 4.19. The Balaban J connectivity index is 2.32. The molecule has 0 heterocycles. The van der Waals surface area contributed by atoms with E-state index in [1.807, 2.05) is 0 Å². The monoisotopic (exact) mass is 288 g/mol. The fourth-order valence-electron chi connectivity index (χ4n) is 2.31. The van der Waals surface area contributed by atoms with E-state index in [4.69, 9.17) is 9.62 Å². The van der Waals surface area contributed by atoms with Crippen molar-refractivity contribution in [2.24, 2.45) is 0 Å². The number of carbonyl (C=O) groups is 2. The molecule has 0 aromatic rings. The zero-order valence-electron chi connectivity index (χ0n) is 12.4. The lowest BCUT2D eigenvalue weighted by Crippen LogP contribution is -2.33. The lowest BCUT2D eigenvalue weighted by molar-refractivity contribution is -0.327. The summed E-state index contributed by atoms with van der Waals surface area (Å²) in [6, 6.07) is 0. The minimum Gasteiger partial charge on any atom is -0.454 e. The summed E-state index contributed by atoms with van der Waals surface area (Å²) < 4.78 is 5.06. The average molecular weight is 288 g/mol. The minimum atomic E-state index is -1.16. The highest BCUT2D eigenvalue weighted by Gasteiger charge is 2.29. The molecule has 0 spiro atoms. The summed E-state index contributed by atoms with van der Waals surface area (Å²) in [6.45, 7) is 4.91. The predicted molar refractivity (Wildman–Crippen MR) is 70.5 cm³/mol. The van der Waals surface area contributed by atoms with Crippen LogP contribution in [0.15, 0.2) is 0 Å². The molecule has 20 heavy (non-hydrogen) atoms. The molecule has 1 aliphatic rings. The number of hydrogen-bond donors (Lipinski definition) is 1. The summed E-state index contributed by atoms with van der Waals surface area (Å²) in [4.78, 5) is 32.4. The maximum Gasteiger partial charge on any atom is 0.449 e. The molecule has 0 aromatic heterocycles. The number of hydrogen-bond acceptors (Lipinski definition) is 6. The van der Waals surface area contributed by atoms with Crippen LogP contribution in [0, 0.1) is 0 Å². The van der Waals surface area contributed by atoms with Crippen LogP contribution in [-0.2, 0) is 24.1 Å². The first kappa shape index (κ1) is 16.9. The van der Waals surface area contributed by atoms with E-state index in [0.717, 1.165) is 32.1 Å². The highest BCUT2D eigenvalue weighted by atomic mass is 17.2. The van der Waals surface area contributed by atoms with Crippen LogP contribution < -0.4 is 0 Å². The van der Waals surface area contributed by atoms with E-state index < -0.39 is 23.6 Å². The first-order valence-electron chi connectivity index (χ1n) is 7.09. The number of aliphatic hydroxyl groups excluding tert-OH is 1. The Morgan fingerprint density at radius 1 is 1.20 bits per heavy atom. The maximum absolute atomic E-state index is 11.5. The van der Waals surface area contributed by atoms with Crippen LogP contribution in [0.25, 0.3) is 0 Å². The highest BCUT2D eigenvalue weighted by Crippen LogP contribution is 2.21. The first-order valence-corrected chi connectivity index (χ1v) is 7.09. The van der Waals surface area contributed by atoms with Gasteiger partial charge < -0.3 is 9.84 Å². The number of carbonyl (C=O) groups excluding carboxylic acids is 2. The average Bonchev–Trinajstić information content (AvgIpc) is 2.35. The normalized spacial score (nSPS) is 18.4. The van der Waals surface area contributed by atoms with Crippen molar-refractivity contribution >= 4 is 11.9 Å². The van der Waals surface area contributed by atoms with Crippen LogP contribution in [0.3, 0.4) is 0 Å². The molecule has 0 aromatic carbocycles. The molecule has 0 amide bonds. The van der Waals surface area contributed by atoms with Gasteiger partial charge in [0.1, 0.15) is 11.7 Å². The third kappa shape index (κ3) is 6.34. The second kappa shape index (κ2) is 7.59. The maximum atomic E-state index is 11.5. The number of ether oxygens (including phenoxy) is 1. The van der Waals surface area contributed by atoms with Gasteiger partial charge in [-0.3, -0.25) is 4.89 Å². The summed E-state index contributed by atoms with van der Waals surface area (Å²) >= 11 is 0. The summed E-state index contributed by atoms with van der Waals surface area (Å²) in [5, 5.41) is 9.27. The largest absolute Gasteiger partial charge is 0.454 e. The van der Waals surface area contributed by atoms with Crippen molar-refractivity contribution in [2.75, 3.05) is 0 Å². The molecule has 0 saturated heterocycles. The Kier molecular flexibility index (Phi) is 6.42. The molecule has 6 heteroatoms. The fourth-order valence-corrected chi connectivity index (χ4v) is 2.31. The molecule has 1 saturated carbocycles. The molecule has 116 valence electrons. The Morgan fingerprint density at radius 2 is 1.80 bits per heavy atom. The van der Waals surface area contributed by atoms with Crippen molar-refractivity contribution in [1.29, 1.82) is 0 Å². The number of esters is 1. The van der Waals surface area contributed by atoms with E-state index in [1.54, 1.807) is 20.8 Å². The van der Waals surface area contributed by atoms with Crippen molar-refractivity contribution in [2.45, 2.75) is 77.1 Å². The zero-order valence-corrected chi connectivity index (χ0v) is 12.4. The fraction of sp³-hybridized carbons (Fsp3) is 0.857. The van der Waals surface area contributed by atoms with Crippen molar-refractivity contribution < 1.29 is 29.2 Å². The van der Waals surface area contributed by atoms with E-state index >= 15 is 0 Å². The van der Waals surface area contributed by atoms with E-state index in [1.165, 1.54) is 0 Å². The lowest BCUT2D eigenvalue weighted by atomic mass is 9.98. The number of aliphatic hydroxyl groups is 1. The molecule has 1 N–H and O–H groups in total. The molecular formula is C14H24O6. The predicted octanol–water partition coefficient (Wildman–Crippen LogP) is 1.89. The first-order chi connectivity index (χ1) is 9.30. The quantitative estimate of drug-likeness (QED) is 0.360. The van der Waals surface area contributed by atoms with E-state index in [-0.39, 0.29) is 12.5 Å². The van der Waals surface area contributed by atoms with Gasteiger partial charge in [0.05, 0.1) is 6.10 Å². The van der Waals surface area contributed by atoms with E-state index in [9.17, 15) is 14.7 Å². The molecule has 1 rings (SSSR count). The highest BCUT2D eigenvalue weighted by molar-refractivity contribution is 6.29. The Hall–Kier alpha value is -1.14. The van der Waals surface area contributed by atoms with Gasteiger partial charge in [0.25, 0.3) is 0 Å². The SMILES string of the molecule is CC(O)CC(C)(C)OOC(=O)C(=O)OC1CCCCC1. The molecule has 1 atom stereocenters. The zero-order chi connectivity index (χ0) is 15.2. The van der Waals surface area contributed by atoms with Crippen LogP contribution in [-0.4, -0.2) is 34.9 Å². The Morgan fingerprint density at radius 3 is 2.35 bits per heavy atom. The van der Waals surface area contributed by atoms with Gasteiger partial charge in [-0.2, -0.15) is 4.89 Å². The van der Waals surface area contributed by atoms with Gasteiger partial charge >= 0.3 is 11.9 Å². The lowest BCUT2D eigenvalue weighted by Gasteiger charge is -2.24. The van der Waals surface area contributed by atoms with Crippen molar-refractivity contribution in [1.82, 2.24) is 0 Å². The van der Waals surface area contributed by atoms with Crippen LogP contribution in [0.2, 0.25) is 0 Å². The topological polar surface area (TPSA) is 82.1 Å². The van der Waals surface area contributed by atoms with Crippen LogP contribution in [0.5, 0.6) is 0 Å². The molecule has 1 unspecified atom stereocenters. The van der Waals surface area contributed by atoms with Crippen LogP contribution in [0.1, 0.15) is 59.3 Å².